The second kappa shape index (κ2) is 7.71. The molecule has 0 aliphatic rings. The van der Waals surface area contributed by atoms with Crippen molar-refractivity contribution in [2.75, 3.05) is 6.54 Å². The summed E-state index contributed by atoms with van der Waals surface area (Å²) in [5, 5.41) is 15.4. The first-order valence-corrected chi connectivity index (χ1v) is 9.31. The molecule has 4 aromatic rings. The summed E-state index contributed by atoms with van der Waals surface area (Å²) in [6, 6.07) is 17.1. The first-order chi connectivity index (χ1) is 13.2. The topological polar surface area (TPSA) is 77.6 Å². The van der Waals surface area contributed by atoms with Crippen LogP contribution in [0.4, 0.5) is 0 Å². The van der Waals surface area contributed by atoms with Crippen molar-refractivity contribution < 1.29 is 4.79 Å². The maximum Gasteiger partial charge on any atom is 0.249 e. The molecule has 0 bridgehead atoms. The molecule has 2 heterocycles. The van der Waals surface area contributed by atoms with Gasteiger partial charge in [-0.25, -0.2) is 4.68 Å². The number of tetrazole rings is 1. The van der Waals surface area contributed by atoms with Gasteiger partial charge < -0.3 is 9.88 Å². The Morgan fingerprint density at radius 2 is 2.00 bits per heavy atom. The van der Waals surface area contributed by atoms with Crippen molar-refractivity contribution in [1.82, 2.24) is 30.1 Å². The summed E-state index contributed by atoms with van der Waals surface area (Å²) in [6.07, 6.45) is 3.48. The highest BCUT2D eigenvalue weighted by molar-refractivity contribution is 9.10. The van der Waals surface area contributed by atoms with Crippen molar-refractivity contribution in [1.29, 1.82) is 0 Å². The van der Waals surface area contributed by atoms with Gasteiger partial charge in [0.25, 0.3) is 0 Å². The van der Waals surface area contributed by atoms with Crippen LogP contribution in [0.2, 0.25) is 0 Å². The monoisotopic (exact) mass is 424 g/mol. The number of hydrogen-bond donors (Lipinski definition) is 1. The molecule has 0 saturated carbocycles. The highest BCUT2D eigenvalue weighted by atomic mass is 79.9. The smallest absolute Gasteiger partial charge is 0.249 e. The van der Waals surface area contributed by atoms with E-state index < -0.39 is 6.04 Å². The van der Waals surface area contributed by atoms with Gasteiger partial charge in [0.2, 0.25) is 5.91 Å². The van der Waals surface area contributed by atoms with Crippen molar-refractivity contribution in [3.05, 3.63) is 77.2 Å². The third kappa shape index (κ3) is 3.75. The van der Waals surface area contributed by atoms with Gasteiger partial charge in [-0.1, -0.05) is 52.3 Å². The summed E-state index contributed by atoms with van der Waals surface area (Å²) in [7, 11) is 0. The van der Waals surface area contributed by atoms with E-state index in [1.54, 1.807) is 0 Å². The van der Waals surface area contributed by atoms with Gasteiger partial charge in [0, 0.05) is 29.3 Å². The number of carbonyl (C=O) groups is 1. The molecule has 7 nitrogen and oxygen atoms in total. The second-order valence-corrected chi connectivity index (χ2v) is 7.02. The van der Waals surface area contributed by atoms with Gasteiger partial charge >= 0.3 is 0 Å². The lowest BCUT2D eigenvalue weighted by Crippen LogP contribution is -2.35. The lowest BCUT2D eigenvalue weighted by Gasteiger charge is -2.17. The van der Waals surface area contributed by atoms with E-state index in [1.807, 2.05) is 42.6 Å². The fourth-order valence-corrected chi connectivity index (χ4v) is 3.44. The molecule has 2 aromatic carbocycles. The zero-order valence-corrected chi connectivity index (χ0v) is 16.0. The lowest BCUT2D eigenvalue weighted by molar-refractivity contribution is -0.123. The Morgan fingerprint density at radius 3 is 2.78 bits per heavy atom. The van der Waals surface area contributed by atoms with Crippen LogP contribution in [0.1, 0.15) is 11.6 Å². The van der Waals surface area contributed by atoms with E-state index in [-0.39, 0.29) is 5.91 Å². The van der Waals surface area contributed by atoms with Crippen LogP contribution in [0.3, 0.4) is 0 Å². The van der Waals surface area contributed by atoms with E-state index >= 15 is 0 Å². The van der Waals surface area contributed by atoms with Crippen molar-refractivity contribution in [3.8, 4) is 0 Å². The summed E-state index contributed by atoms with van der Waals surface area (Å²) < 4.78 is 4.61. The summed E-state index contributed by atoms with van der Waals surface area (Å²) in [5.74, 6) is -0.147. The van der Waals surface area contributed by atoms with Crippen LogP contribution in [0.5, 0.6) is 0 Å². The van der Waals surface area contributed by atoms with Crippen molar-refractivity contribution in [2.45, 2.75) is 12.6 Å². The molecule has 0 unspecified atom stereocenters. The number of benzene rings is 2. The first-order valence-electron chi connectivity index (χ1n) is 8.52. The van der Waals surface area contributed by atoms with Crippen molar-refractivity contribution in [2.24, 2.45) is 0 Å². The fraction of sp³-hybridized carbons (Fsp3) is 0.158. The number of hydrogen-bond acceptors (Lipinski definition) is 4. The Balaban J connectivity index is 1.48. The Labute approximate surface area is 164 Å². The predicted octanol–water partition coefficient (Wildman–Crippen LogP) is 2.80. The van der Waals surface area contributed by atoms with Gasteiger partial charge in [0.05, 0.1) is 0 Å². The van der Waals surface area contributed by atoms with Gasteiger partial charge in [-0.2, -0.15) is 0 Å². The highest BCUT2D eigenvalue weighted by Crippen LogP contribution is 2.21. The van der Waals surface area contributed by atoms with Gasteiger partial charge in [0.1, 0.15) is 6.33 Å². The second-order valence-electron chi connectivity index (χ2n) is 6.11. The summed E-state index contributed by atoms with van der Waals surface area (Å²) in [6.45, 7) is 1.17. The molecule has 0 spiro atoms. The molecule has 0 aliphatic heterocycles. The van der Waals surface area contributed by atoms with E-state index in [0.29, 0.717) is 13.1 Å². The molecule has 1 atom stereocenters. The largest absolute Gasteiger partial charge is 0.352 e. The molecule has 8 heteroatoms. The summed E-state index contributed by atoms with van der Waals surface area (Å²) in [5.41, 5.74) is 1.95. The van der Waals surface area contributed by atoms with Crippen molar-refractivity contribution >= 4 is 32.7 Å². The number of aromatic nitrogens is 5. The van der Waals surface area contributed by atoms with Crippen molar-refractivity contribution in [3.63, 3.8) is 0 Å². The highest BCUT2D eigenvalue weighted by Gasteiger charge is 2.23. The quantitative estimate of drug-likeness (QED) is 0.516. The van der Waals surface area contributed by atoms with Crippen LogP contribution >= 0.6 is 15.9 Å². The standard InChI is InChI=1S/C19H17BrN6O/c20-16-7-6-14-8-10-25(17(14)12-16)11-9-21-19(27)18(26-13-22-23-24-26)15-4-2-1-3-5-15/h1-8,10,12-13,18H,9,11H2,(H,21,27)/t18-/m0/s1. The molecule has 136 valence electrons. The molecule has 4 rings (SSSR count). The van der Waals surface area contributed by atoms with Gasteiger partial charge in [-0.05, 0) is 39.6 Å². The summed E-state index contributed by atoms with van der Waals surface area (Å²) >= 11 is 3.51. The third-order valence-electron chi connectivity index (χ3n) is 4.38. The van der Waals surface area contributed by atoms with Crippen LogP contribution in [0, 0.1) is 0 Å². The first kappa shape index (κ1) is 17.4. The van der Waals surface area contributed by atoms with Crippen LogP contribution in [-0.4, -0.2) is 37.2 Å². The Bertz CT molecular complexity index is 1040. The number of rotatable bonds is 6. The number of nitrogens with one attached hydrogen (secondary N) is 1. The summed E-state index contributed by atoms with van der Waals surface area (Å²) in [4.78, 5) is 12.8. The normalized spacial score (nSPS) is 12.2. The molecular formula is C19H17BrN6O. The van der Waals surface area contributed by atoms with Gasteiger partial charge in [0.15, 0.2) is 6.04 Å². The van der Waals surface area contributed by atoms with Crippen LogP contribution in [0.15, 0.2) is 71.6 Å². The third-order valence-corrected chi connectivity index (χ3v) is 4.87. The molecule has 0 fully saturated rings. The number of carbonyl (C=O) groups excluding carboxylic acids is 1. The van der Waals surface area contributed by atoms with Crippen LogP contribution < -0.4 is 5.32 Å². The van der Waals surface area contributed by atoms with E-state index in [9.17, 15) is 4.79 Å². The average Bonchev–Trinajstić information content (AvgIpc) is 3.33. The minimum absolute atomic E-state index is 0.147. The van der Waals surface area contributed by atoms with Gasteiger partial charge in [-0.3, -0.25) is 4.79 Å². The van der Waals surface area contributed by atoms with E-state index in [1.165, 1.54) is 16.4 Å². The molecule has 1 amide bonds. The Hall–Kier alpha value is -3.00. The number of fused-ring (bicyclic) bond motifs is 1. The Kier molecular flexibility index (Phi) is 4.97. The minimum Gasteiger partial charge on any atom is -0.352 e. The number of nitrogens with zero attached hydrogens (tertiary/aromatic N) is 5. The molecule has 1 N–H and O–H groups in total. The average molecular weight is 425 g/mol. The van der Waals surface area contributed by atoms with Crippen LogP contribution in [-0.2, 0) is 11.3 Å². The zero-order valence-electron chi connectivity index (χ0n) is 14.4. The van der Waals surface area contributed by atoms with Gasteiger partial charge in [-0.15, -0.1) is 5.10 Å². The maximum atomic E-state index is 12.8. The molecule has 2 aromatic heterocycles. The predicted molar refractivity (Wildman–Crippen MR) is 105 cm³/mol. The molecule has 0 saturated heterocycles. The zero-order chi connectivity index (χ0) is 18.6. The molecule has 0 radical (unpaired) electrons. The molecule has 0 aliphatic carbocycles. The number of amides is 1. The molecular weight excluding hydrogens is 408 g/mol. The SMILES string of the molecule is O=C(NCCn1ccc2ccc(Br)cc21)[C@H](c1ccccc1)n1cnnn1. The number of halogens is 1. The lowest BCUT2D eigenvalue weighted by atomic mass is 10.1. The molecule has 27 heavy (non-hydrogen) atoms. The van der Waals surface area contributed by atoms with E-state index in [2.05, 4.69) is 59.5 Å². The fourth-order valence-electron chi connectivity index (χ4n) is 3.09. The van der Waals surface area contributed by atoms with Crippen LogP contribution in [0.25, 0.3) is 10.9 Å². The maximum absolute atomic E-state index is 12.8. The minimum atomic E-state index is -0.600. The van der Waals surface area contributed by atoms with E-state index in [4.69, 9.17) is 0 Å². The van der Waals surface area contributed by atoms with E-state index in [0.717, 1.165) is 15.6 Å². The Morgan fingerprint density at radius 1 is 1.15 bits per heavy atom.